The summed E-state index contributed by atoms with van der Waals surface area (Å²) in [6.45, 7) is 1.60. The third-order valence-electron chi connectivity index (χ3n) is 2.39. The normalized spacial score (nSPS) is 11.8. The van der Waals surface area contributed by atoms with E-state index in [2.05, 4.69) is 9.84 Å². The Morgan fingerprint density at radius 2 is 2.00 bits per heavy atom. The number of aromatic nitrogens is 2. The first-order valence-electron chi connectivity index (χ1n) is 5.37. The number of alkyl halides is 3. The topological polar surface area (TPSA) is 27.1 Å². The van der Waals surface area contributed by atoms with Crippen molar-refractivity contribution in [2.45, 2.75) is 17.6 Å². The zero-order chi connectivity index (χ0) is 14.0. The van der Waals surface area contributed by atoms with Gasteiger partial charge in [-0.1, -0.05) is 11.6 Å². The summed E-state index contributed by atoms with van der Waals surface area (Å²) in [6.07, 6.45) is 0. The summed E-state index contributed by atoms with van der Waals surface area (Å²) in [5.74, 6) is 0. The molecule has 1 aromatic heterocycles. The summed E-state index contributed by atoms with van der Waals surface area (Å²) in [4.78, 5) is 0. The van der Waals surface area contributed by atoms with E-state index < -0.39 is 4.12 Å². The van der Waals surface area contributed by atoms with E-state index in [1.54, 1.807) is 35.0 Å². The molecule has 0 radical (unpaired) electrons. The summed E-state index contributed by atoms with van der Waals surface area (Å²) in [5, 5.41) is 4.85. The second-order valence-electron chi connectivity index (χ2n) is 3.90. The second-order valence-corrected chi connectivity index (χ2v) is 5.59. The Morgan fingerprint density at radius 3 is 2.58 bits per heavy atom. The smallest absolute Gasteiger partial charge is 0.306 e. The van der Waals surface area contributed by atoms with Crippen molar-refractivity contribution in [2.75, 3.05) is 0 Å². The van der Waals surface area contributed by atoms with E-state index in [1.165, 1.54) is 0 Å². The first-order chi connectivity index (χ1) is 8.85. The molecule has 3 nitrogen and oxygen atoms in total. The summed E-state index contributed by atoms with van der Waals surface area (Å²) in [6, 6.07) is 8.80. The van der Waals surface area contributed by atoms with Crippen molar-refractivity contribution >= 4 is 34.2 Å². The van der Waals surface area contributed by atoms with Gasteiger partial charge in [-0.05, 0) is 37.3 Å². The van der Waals surface area contributed by atoms with Crippen molar-refractivity contribution in [3.63, 3.8) is 0 Å². The standard InChI is InChI=1S/C12H10ClF2IN2O/c1-8-6-10(7-19-12(14,15)16)17-18(8)11-4-2-9(13)3-5-11/h2-6H,7H2,1H3. The van der Waals surface area contributed by atoms with Gasteiger partial charge in [-0.2, -0.15) is 13.9 Å². The van der Waals surface area contributed by atoms with Crippen LogP contribution < -0.4 is 0 Å². The molecule has 0 amide bonds. The number of aryl methyl sites for hydroxylation is 1. The molecule has 19 heavy (non-hydrogen) atoms. The lowest BCUT2D eigenvalue weighted by molar-refractivity contribution is -0.154. The van der Waals surface area contributed by atoms with E-state index in [9.17, 15) is 8.78 Å². The number of halogens is 4. The quantitative estimate of drug-likeness (QED) is 0.566. The molecule has 2 aromatic rings. The minimum atomic E-state index is -3.18. The molecule has 0 bridgehead atoms. The van der Waals surface area contributed by atoms with Gasteiger partial charge in [0.2, 0.25) is 0 Å². The molecule has 1 aromatic carbocycles. The Hall–Kier alpha value is -0.730. The van der Waals surface area contributed by atoms with Crippen molar-refractivity contribution in [1.29, 1.82) is 0 Å². The van der Waals surface area contributed by atoms with E-state index in [-0.39, 0.29) is 6.61 Å². The highest BCUT2D eigenvalue weighted by molar-refractivity contribution is 14.1. The molecular formula is C12H10ClF2IN2O. The molecule has 0 aliphatic heterocycles. The monoisotopic (exact) mass is 398 g/mol. The van der Waals surface area contributed by atoms with Crippen LogP contribution >= 0.6 is 34.2 Å². The van der Waals surface area contributed by atoms with E-state index in [0.717, 1.165) is 34.0 Å². The summed E-state index contributed by atoms with van der Waals surface area (Å²) >= 11 is 6.74. The predicted molar refractivity (Wildman–Crippen MR) is 77.1 cm³/mol. The molecule has 0 aliphatic rings. The van der Waals surface area contributed by atoms with Gasteiger partial charge in [0.15, 0.2) is 0 Å². The SMILES string of the molecule is Cc1cc(COC(F)(F)I)nn1-c1ccc(Cl)cc1. The zero-order valence-corrected chi connectivity index (χ0v) is 12.8. The fourth-order valence-electron chi connectivity index (χ4n) is 1.61. The van der Waals surface area contributed by atoms with Gasteiger partial charge in [0.05, 0.1) is 18.0 Å². The maximum Gasteiger partial charge on any atom is 0.408 e. The Morgan fingerprint density at radius 1 is 1.37 bits per heavy atom. The maximum absolute atomic E-state index is 12.6. The largest absolute Gasteiger partial charge is 0.408 e. The van der Waals surface area contributed by atoms with Gasteiger partial charge < -0.3 is 4.74 Å². The Balaban J connectivity index is 2.19. The first kappa shape index (κ1) is 14.7. The second kappa shape index (κ2) is 5.72. The molecular weight excluding hydrogens is 388 g/mol. The van der Waals surface area contributed by atoms with Crippen LogP contribution in [-0.2, 0) is 11.3 Å². The van der Waals surface area contributed by atoms with Crippen molar-refractivity contribution < 1.29 is 13.5 Å². The van der Waals surface area contributed by atoms with Crippen LogP contribution in [0.25, 0.3) is 5.69 Å². The minimum Gasteiger partial charge on any atom is -0.306 e. The van der Waals surface area contributed by atoms with Gasteiger partial charge in [-0.25, -0.2) is 4.68 Å². The van der Waals surface area contributed by atoms with E-state index >= 15 is 0 Å². The van der Waals surface area contributed by atoms with Crippen LogP contribution in [0.2, 0.25) is 5.02 Å². The Bertz CT molecular complexity index is 566. The third-order valence-corrected chi connectivity index (χ3v) is 2.96. The lowest BCUT2D eigenvalue weighted by Crippen LogP contribution is -2.11. The molecule has 0 saturated carbocycles. The molecule has 0 spiro atoms. The maximum atomic E-state index is 12.6. The molecule has 0 N–H and O–H groups in total. The van der Waals surface area contributed by atoms with E-state index in [1.807, 2.05) is 6.92 Å². The number of hydrogen-bond acceptors (Lipinski definition) is 2. The molecule has 2 rings (SSSR count). The van der Waals surface area contributed by atoms with Gasteiger partial charge in [-0.15, -0.1) is 0 Å². The highest BCUT2D eigenvalue weighted by Gasteiger charge is 2.25. The number of rotatable bonds is 4. The molecule has 102 valence electrons. The van der Waals surface area contributed by atoms with Crippen molar-refractivity contribution in [3.8, 4) is 5.69 Å². The highest BCUT2D eigenvalue weighted by atomic mass is 127. The van der Waals surface area contributed by atoms with E-state index in [0.29, 0.717) is 10.7 Å². The third kappa shape index (κ3) is 4.12. The van der Waals surface area contributed by atoms with Crippen LogP contribution in [0, 0.1) is 6.92 Å². The first-order valence-corrected chi connectivity index (χ1v) is 6.83. The number of hydrogen-bond donors (Lipinski definition) is 0. The highest BCUT2D eigenvalue weighted by Crippen LogP contribution is 2.25. The molecule has 1 heterocycles. The van der Waals surface area contributed by atoms with Crippen LogP contribution in [0.3, 0.4) is 0 Å². The predicted octanol–water partition coefficient (Wildman–Crippen LogP) is 4.34. The van der Waals surface area contributed by atoms with Gasteiger partial charge in [-0.3, -0.25) is 0 Å². The van der Waals surface area contributed by atoms with Gasteiger partial charge >= 0.3 is 4.12 Å². The summed E-state index contributed by atoms with van der Waals surface area (Å²) < 4.78 is 28.1. The van der Waals surface area contributed by atoms with Gasteiger partial charge in [0.25, 0.3) is 0 Å². The molecule has 0 aliphatic carbocycles. The molecule has 0 saturated heterocycles. The van der Waals surface area contributed by atoms with Crippen molar-refractivity contribution in [3.05, 3.63) is 46.7 Å². The van der Waals surface area contributed by atoms with Crippen molar-refractivity contribution in [1.82, 2.24) is 9.78 Å². The molecule has 0 fully saturated rings. The molecule has 0 atom stereocenters. The minimum absolute atomic E-state index is 0.239. The van der Waals surface area contributed by atoms with Crippen LogP contribution in [0.4, 0.5) is 8.78 Å². The zero-order valence-electron chi connectivity index (χ0n) is 9.91. The molecule has 0 unspecified atom stereocenters. The van der Waals surface area contributed by atoms with Crippen LogP contribution in [0.1, 0.15) is 11.4 Å². The van der Waals surface area contributed by atoms with Crippen LogP contribution in [0.15, 0.2) is 30.3 Å². The summed E-state index contributed by atoms with van der Waals surface area (Å²) in [7, 11) is 0. The number of nitrogens with zero attached hydrogens (tertiary/aromatic N) is 2. The molecule has 7 heteroatoms. The van der Waals surface area contributed by atoms with Crippen LogP contribution in [-0.4, -0.2) is 13.9 Å². The van der Waals surface area contributed by atoms with E-state index in [4.69, 9.17) is 11.6 Å². The number of ether oxygens (including phenoxy) is 1. The lowest BCUT2D eigenvalue weighted by Gasteiger charge is -2.07. The number of benzene rings is 1. The van der Waals surface area contributed by atoms with Gasteiger partial charge in [0, 0.05) is 33.3 Å². The summed E-state index contributed by atoms with van der Waals surface area (Å²) in [5.41, 5.74) is 2.09. The fraction of sp³-hybridized carbons (Fsp3) is 0.250. The van der Waals surface area contributed by atoms with Crippen molar-refractivity contribution in [2.24, 2.45) is 0 Å². The van der Waals surface area contributed by atoms with Gasteiger partial charge in [0.1, 0.15) is 0 Å². The van der Waals surface area contributed by atoms with Crippen LogP contribution in [0.5, 0.6) is 0 Å². The average Bonchev–Trinajstić information content (AvgIpc) is 2.68. The lowest BCUT2D eigenvalue weighted by atomic mass is 10.3. The average molecular weight is 399 g/mol. The Labute approximate surface area is 127 Å². The Kier molecular flexibility index (Phi) is 4.42. The fourth-order valence-corrected chi connectivity index (χ4v) is 1.89.